The van der Waals surface area contributed by atoms with Crippen LogP contribution in [-0.4, -0.2) is 11.0 Å². The Hall–Kier alpha value is -2.56. The lowest BCUT2D eigenvalue weighted by atomic mass is 10.1. The van der Waals surface area contributed by atoms with Gasteiger partial charge in [-0.05, 0) is 25.1 Å². The first-order valence-electron chi connectivity index (χ1n) is 6.06. The molecule has 0 saturated carbocycles. The van der Waals surface area contributed by atoms with E-state index in [0.717, 1.165) is 5.56 Å². The van der Waals surface area contributed by atoms with Crippen LogP contribution in [0.25, 0.3) is 0 Å². The molecular formula is C15H15FN2O2. The van der Waals surface area contributed by atoms with Gasteiger partial charge in [0.05, 0.1) is 0 Å². The van der Waals surface area contributed by atoms with E-state index in [4.69, 9.17) is 15.7 Å². The molecule has 3 N–H and O–H groups in total. The van der Waals surface area contributed by atoms with E-state index in [9.17, 15) is 4.39 Å². The van der Waals surface area contributed by atoms with E-state index < -0.39 is 5.82 Å². The second-order valence-corrected chi connectivity index (χ2v) is 4.39. The molecule has 0 aromatic heterocycles. The summed E-state index contributed by atoms with van der Waals surface area (Å²) in [6.07, 6.45) is 0. The summed E-state index contributed by atoms with van der Waals surface area (Å²) in [4.78, 5) is 0. The largest absolute Gasteiger partial charge is 0.489 e. The Kier molecular flexibility index (Phi) is 4.20. The van der Waals surface area contributed by atoms with Crippen LogP contribution in [0.1, 0.15) is 16.7 Å². The third kappa shape index (κ3) is 3.26. The van der Waals surface area contributed by atoms with Gasteiger partial charge in [-0.3, -0.25) is 0 Å². The average Bonchev–Trinajstić information content (AvgIpc) is 2.46. The zero-order valence-corrected chi connectivity index (χ0v) is 11.0. The highest BCUT2D eigenvalue weighted by Crippen LogP contribution is 2.16. The Morgan fingerprint density at radius 2 is 1.95 bits per heavy atom. The quantitative estimate of drug-likeness (QED) is 0.390. The Labute approximate surface area is 116 Å². The second-order valence-electron chi connectivity index (χ2n) is 4.39. The molecule has 0 unspecified atom stereocenters. The van der Waals surface area contributed by atoms with Gasteiger partial charge in [-0.25, -0.2) is 4.39 Å². The molecule has 20 heavy (non-hydrogen) atoms. The molecule has 0 atom stereocenters. The van der Waals surface area contributed by atoms with Crippen LogP contribution in [0.3, 0.4) is 0 Å². The number of hydrogen-bond acceptors (Lipinski definition) is 3. The highest BCUT2D eigenvalue weighted by molar-refractivity contribution is 5.97. The SMILES string of the molecule is Cc1ccc(OCc2ccc(/C(N)=N/O)cc2F)cc1. The van der Waals surface area contributed by atoms with E-state index in [-0.39, 0.29) is 12.4 Å². The summed E-state index contributed by atoms with van der Waals surface area (Å²) in [5, 5.41) is 11.4. The van der Waals surface area contributed by atoms with Gasteiger partial charge in [0.25, 0.3) is 0 Å². The molecule has 0 aliphatic rings. The van der Waals surface area contributed by atoms with Gasteiger partial charge in [0.2, 0.25) is 0 Å². The lowest BCUT2D eigenvalue weighted by molar-refractivity contribution is 0.300. The fraction of sp³-hybridized carbons (Fsp3) is 0.133. The number of halogens is 1. The Morgan fingerprint density at radius 3 is 2.55 bits per heavy atom. The van der Waals surface area contributed by atoms with Crippen molar-refractivity contribution < 1.29 is 14.3 Å². The van der Waals surface area contributed by atoms with Crippen molar-refractivity contribution in [3.63, 3.8) is 0 Å². The monoisotopic (exact) mass is 274 g/mol. The molecule has 2 aromatic carbocycles. The minimum absolute atomic E-state index is 0.116. The van der Waals surface area contributed by atoms with Crippen LogP contribution in [0.5, 0.6) is 5.75 Å². The number of benzene rings is 2. The normalized spacial score (nSPS) is 11.4. The summed E-state index contributed by atoms with van der Waals surface area (Å²) < 4.78 is 19.3. The molecule has 2 rings (SSSR count). The van der Waals surface area contributed by atoms with E-state index in [2.05, 4.69) is 5.16 Å². The third-order valence-electron chi connectivity index (χ3n) is 2.87. The number of rotatable bonds is 4. The van der Waals surface area contributed by atoms with Gasteiger partial charge >= 0.3 is 0 Å². The summed E-state index contributed by atoms with van der Waals surface area (Å²) in [6, 6.07) is 11.8. The standard InChI is InChI=1S/C15H15FN2O2/c1-10-2-6-13(7-3-10)20-9-12-5-4-11(8-14(12)16)15(17)18-19/h2-8,19H,9H2,1H3,(H2,17,18). The minimum Gasteiger partial charge on any atom is -0.489 e. The Balaban J connectivity index is 2.08. The van der Waals surface area contributed by atoms with E-state index in [0.29, 0.717) is 16.9 Å². The van der Waals surface area contributed by atoms with Gasteiger partial charge in [-0.15, -0.1) is 0 Å². The molecule has 0 heterocycles. The van der Waals surface area contributed by atoms with Crippen molar-refractivity contribution in [1.82, 2.24) is 0 Å². The number of oxime groups is 1. The van der Waals surface area contributed by atoms with Crippen molar-refractivity contribution in [2.24, 2.45) is 10.9 Å². The van der Waals surface area contributed by atoms with Crippen LogP contribution in [-0.2, 0) is 6.61 Å². The first-order valence-corrected chi connectivity index (χ1v) is 6.06. The number of nitrogens with two attached hydrogens (primary N) is 1. The lowest BCUT2D eigenvalue weighted by Crippen LogP contribution is -2.13. The van der Waals surface area contributed by atoms with Crippen molar-refractivity contribution in [2.75, 3.05) is 0 Å². The Bertz CT molecular complexity index is 624. The van der Waals surface area contributed by atoms with Gasteiger partial charge in [0.1, 0.15) is 18.2 Å². The molecule has 0 aliphatic carbocycles. The van der Waals surface area contributed by atoms with Crippen molar-refractivity contribution in [3.8, 4) is 5.75 Å². The predicted molar refractivity (Wildman–Crippen MR) is 74.4 cm³/mol. The Morgan fingerprint density at radius 1 is 1.25 bits per heavy atom. The molecule has 4 nitrogen and oxygen atoms in total. The van der Waals surface area contributed by atoms with Crippen molar-refractivity contribution in [2.45, 2.75) is 13.5 Å². The zero-order chi connectivity index (χ0) is 14.5. The number of amidine groups is 1. The van der Waals surface area contributed by atoms with Gasteiger partial charge < -0.3 is 15.7 Å². The van der Waals surface area contributed by atoms with Crippen LogP contribution >= 0.6 is 0 Å². The molecule has 104 valence electrons. The molecule has 0 fully saturated rings. The van der Waals surface area contributed by atoms with Crippen molar-refractivity contribution in [3.05, 3.63) is 65.0 Å². The molecule has 0 bridgehead atoms. The van der Waals surface area contributed by atoms with E-state index in [1.54, 1.807) is 12.1 Å². The summed E-state index contributed by atoms with van der Waals surface area (Å²) in [5.74, 6) is 0.0895. The summed E-state index contributed by atoms with van der Waals surface area (Å²) in [6.45, 7) is 2.10. The van der Waals surface area contributed by atoms with E-state index >= 15 is 0 Å². The van der Waals surface area contributed by atoms with Gasteiger partial charge in [-0.1, -0.05) is 35.0 Å². The average molecular weight is 274 g/mol. The van der Waals surface area contributed by atoms with Crippen LogP contribution in [0.4, 0.5) is 4.39 Å². The maximum atomic E-state index is 13.8. The van der Waals surface area contributed by atoms with Crippen molar-refractivity contribution in [1.29, 1.82) is 0 Å². The molecule has 0 aliphatic heterocycles. The van der Waals surface area contributed by atoms with Crippen LogP contribution in [0, 0.1) is 12.7 Å². The highest BCUT2D eigenvalue weighted by atomic mass is 19.1. The first-order chi connectivity index (χ1) is 9.60. The van der Waals surface area contributed by atoms with Gasteiger partial charge in [0.15, 0.2) is 5.84 Å². The predicted octanol–water partition coefficient (Wildman–Crippen LogP) is 2.81. The summed E-state index contributed by atoms with van der Waals surface area (Å²) in [7, 11) is 0. The third-order valence-corrected chi connectivity index (χ3v) is 2.87. The minimum atomic E-state index is -0.457. The fourth-order valence-electron chi connectivity index (χ4n) is 1.68. The molecule has 2 aromatic rings. The van der Waals surface area contributed by atoms with Crippen LogP contribution in [0.2, 0.25) is 0 Å². The maximum Gasteiger partial charge on any atom is 0.170 e. The fourth-order valence-corrected chi connectivity index (χ4v) is 1.68. The van der Waals surface area contributed by atoms with Crippen molar-refractivity contribution >= 4 is 5.84 Å². The molecule has 5 heteroatoms. The highest BCUT2D eigenvalue weighted by Gasteiger charge is 2.07. The number of nitrogens with zero attached hydrogens (tertiary/aromatic N) is 1. The maximum absolute atomic E-state index is 13.8. The lowest BCUT2D eigenvalue weighted by Gasteiger charge is -2.08. The molecule has 0 spiro atoms. The summed E-state index contributed by atoms with van der Waals surface area (Å²) >= 11 is 0. The van der Waals surface area contributed by atoms with Gasteiger partial charge in [-0.2, -0.15) is 0 Å². The first kappa shape index (κ1) is 13.9. The van der Waals surface area contributed by atoms with Crippen LogP contribution in [0.15, 0.2) is 47.6 Å². The van der Waals surface area contributed by atoms with E-state index in [1.165, 1.54) is 6.07 Å². The molecule has 0 amide bonds. The summed E-state index contributed by atoms with van der Waals surface area (Å²) in [5.41, 5.74) is 7.25. The number of hydrogen-bond donors (Lipinski definition) is 2. The second kappa shape index (κ2) is 6.06. The topological polar surface area (TPSA) is 67.8 Å². The zero-order valence-electron chi connectivity index (χ0n) is 11.0. The molecule has 0 saturated heterocycles. The molecule has 0 radical (unpaired) electrons. The van der Waals surface area contributed by atoms with E-state index in [1.807, 2.05) is 31.2 Å². The number of aryl methyl sites for hydroxylation is 1. The smallest absolute Gasteiger partial charge is 0.170 e. The van der Waals surface area contributed by atoms with Gasteiger partial charge in [0, 0.05) is 11.1 Å². The van der Waals surface area contributed by atoms with Crippen LogP contribution < -0.4 is 10.5 Å². The number of ether oxygens (including phenoxy) is 1. The molecular weight excluding hydrogens is 259 g/mol.